The van der Waals surface area contributed by atoms with E-state index < -0.39 is 0 Å². The largest absolute Gasteiger partial charge is 0.377 e. The lowest BCUT2D eigenvalue weighted by Gasteiger charge is -2.40. The molecule has 0 amide bonds. The van der Waals surface area contributed by atoms with Crippen molar-refractivity contribution in [3.8, 4) is 0 Å². The van der Waals surface area contributed by atoms with Crippen molar-refractivity contribution < 1.29 is 4.74 Å². The molecular formula is C17H28N2O. The van der Waals surface area contributed by atoms with Crippen LogP contribution in [0.1, 0.15) is 38.3 Å². The van der Waals surface area contributed by atoms with Crippen LogP contribution in [0.3, 0.4) is 0 Å². The van der Waals surface area contributed by atoms with Gasteiger partial charge in [-0.2, -0.15) is 0 Å². The molecule has 0 saturated carbocycles. The molecule has 0 aliphatic carbocycles. The number of nitrogens with zero attached hydrogens (tertiary/aromatic N) is 1. The summed E-state index contributed by atoms with van der Waals surface area (Å²) in [5, 5.41) is 3.48. The highest BCUT2D eigenvalue weighted by atomic mass is 16.5. The van der Waals surface area contributed by atoms with Crippen molar-refractivity contribution in [1.29, 1.82) is 0 Å². The van der Waals surface area contributed by atoms with Gasteiger partial charge in [0.25, 0.3) is 0 Å². The third kappa shape index (κ3) is 3.81. The van der Waals surface area contributed by atoms with E-state index in [4.69, 9.17) is 4.74 Å². The Balaban J connectivity index is 2.02. The van der Waals surface area contributed by atoms with Crippen LogP contribution in [0.15, 0.2) is 30.3 Å². The zero-order chi connectivity index (χ0) is 14.4. The van der Waals surface area contributed by atoms with Crippen molar-refractivity contribution in [1.82, 2.24) is 10.2 Å². The molecule has 1 N–H and O–H groups in total. The molecule has 0 radical (unpaired) electrons. The van der Waals surface area contributed by atoms with Gasteiger partial charge in [-0.15, -0.1) is 0 Å². The van der Waals surface area contributed by atoms with Crippen LogP contribution in [0, 0.1) is 0 Å². The lowest BCUT2D eigenvalue weighted by molar-refractivity contribution is -0.00979. The highest BCUT2D eigenvalue weighted by Gasteiger charge is 2.28. The van der Waals surface area contributed by atoms with E-state index in [9.17, 15) is 0 Å². The maximum absolute atomic E-state index is 5.82. The first-order valence-electron chi connectivity index (χ1n) is 7.84. The summed E-state index contributed by atoms with van der Waals surface area (Å²) in [4.78, 5) is 2.57. The SMILES string of the molecule is CCOC1CCCN(C(C)C(NC)c2ccccc2)C1. The second-order valence-corrected chi connectivity index (χ2v) is 5.63. The van der Waals surface area contributed by atoms with Gasteiger partial charge in [0.05, 0.1) is 6.10 Å². The van der Waals surface area contributed by atoms with E-state index in [0.29, 0.717) is 18.2 Å². The lowest BCUT2D eigenvalue weighted by Crippen LogP contribution is -2.48. The summed E-state index contributed by atoms with van der Waals surface area (Å²) in [6, 6.07) is 11.6. The van der Waals surface area contributed by atoms with E-state index in [1.165, 1.54) is 24.9 Å². The van der Waals surface area contributed by atoms with Crippen molar-refractivity contribution in [2.45, 2.75) is 44.9 Å². The van der Waals surface area contributed by atoms with Gasteiger partial charge >= 0.3 is 0 Å². The summed E-state index contributed by atoms with van der Waals surface area (Å²) >= 11 is 0. The van der Waals surface area contributed by atoms with E-state index in [1.807, 2.05) is 0 Å². The monoisotopic (exact) mass is 276 g/mol. The van der Waals surface area contributed by atoms with E-state index in [0.717, 1.165) is 13.2 Å². The van der Waals surface area contributed by atoms with Gasteiger partial charge < -0.3 is 10.1 Å². The van der Waals surface area contributed by atoms with Gasteiger partial charge in [0.2, 0.25) is 0 Å². The average Bonchev–Trinajstić information content (AvgIpc) is 2.50. The first kappa shape index (κ1) is 15.5. The maximum Gasteiger partial charge on any atom is 0.0702 e. The first-order valence-corrected chi connectivity index (χ1v) is 7.84. The Morgan fingerprint density at radius 1 is 1.35 bits per heavy atom. The molecule has 1 aliphatic heterocycles. The second kappa shape index (κ2) is 7.77. The number of hydrogen-bond acceptors (Lipinski definition) is 3. The Hall–Kier alpha value is -0.900. The summed E-state index contributed by atoms with van der Waals surface area (Å²) in [7, 11) is 2.05. The number of likely N-dealkylation sites (tertiary alicyclic amines) is 1. The van der Waals surface area contributed by atoms with Gasteiger partial charge in [-0.3, -0.25) is 4.90 Å². The van der Waals surface area contributed by atoms with Gasteiger partial charge in [-0.1, -0.05) is 30.3 Å². The molecule has 1 heterocycles. The number of piperidine rings is 1. The quantitative estimate of drug-likeness (QED) is 0.864. The third-order valence-electron chi connectivity index (χ3n) is 4.34. The second-order valence-electron chi connectivity index (χ2n) is 5.63. The van der Waals surface area contributed by atoms with Gasteiger partial charge in [-0.05, 0) is 45.8 Å². The van der Waals surface area contributed by atoms with Crippen molar-refractivity contribution in [3.63, 3.8) is 0 Å². The third-order valence-corrected chi connectivity index (χ3v) is 4.34. The molecule has 1 aliphatic rings. The van der Waals surface area contributed by atoms with Gasteiger partial charge in [-0.25, -0.2) is 0 Å². The number of likely N-dealkylation sites (N-methyl/N-ethyl adjacent to an activating group) is 1. The first-order chi connectivity index (χ1) is 9.76. The Kier molecular flexibility index (Phi) is 6.02. The number of ether oxygens (including phenoxy) is 1. The molecule has 3 atom stereocenters. The highest BCUT2D eigenvalue weighted by Crippen LogP contribution is 2.24. The Bertz CT molecular complexity index is 380. The van der Waals surface area contributed by atoms with Crippen LogP contribution in [0.4, 0.5) is 0 Å². The molecule has 1 saturated heterocycles. The minimum atomic E-state index is 0.372. The van der Waals surface area contributed by atoms with Crippen molar-refractivity contribution in [2.24, 2.45) is 0 Å². The number of nitrogens with one attached hydrogen (secondary N) is 1. The zero-order valence-electron chi connectivity index (χ0n) is 13.0. The van der Waals surface area contributed by atoms with Crippen LogP contribution in [0.2, 0.25) is 0 Å². The lowest BCUT2D eigenvalue weighted by atomic mass is 9.97. The van der Waals surface area contributed by atoms with Crippen molar-refractivity contribution in [2.75, 3.05) is 26.7 Å². The molecule has 3 nitrogen and oxygen atoms in total. The highest BCUT2D eigenvalue weighted by molar-refractivity contribution is 5.20. The van der Waals surface area contributed by atoms with Crippen LogP contribution in [0.25, 0.3) is 0 Å². The van der Waals surface area contributed by atoms with Crippen molar-refractivity contribution in [3.05, 3.63) is 35.9 Å². The number of rotatable bonds is 6. The molecule has 3 heteroatoms. The fraction of sp³-hybridized carbons (Fsp3) is 0.647. The molecular weight excluding hydrogens is 248 g/mol. The van der Waals surface area contributed by atoms with E-state index in [1.54, 1.807) is 0 Å². The van der Waals surface area contributed by atoms with E-state index >= 15 is 0 Å². The average molecular weight is 276 g/mol. The van der Waals surface area contributed by atoms with E-state index in [2.05, 4.69) is 61.4 Å². The molecule has 1 aromatic carbocycles. The summed E-state index contributed by atoms with van der Waals surface area (Å²) < 4.78 is 5.82. The molecule has 112 valence electrons. The zero-order valence-corrected chi connectivity index (χ0v) is 13.0. The van der Waals surface area contributed by atoms with Crippen LogP contribution in [-0.2, 0) is 4.74 Å². The molecule has 2 rings (SSSR count). The smallest absolute Gasteiger partial charge is 0.0702 e. The fourth-order valence-corrected chi connectivity index (χ4v) is 3.27. The minimum Gasteiger partial charge on any atom is -0.377 e. The maximum atomic E-state index is 5.82. The van der Waals surface area contributed by atoms with E-state index in [-0.39, 0.29) is 0 Å². The predicted octanol–water partition coefficient (Wildman–Crippen LogP) is 2.84. The number of benzene rings is 1. The fourth-order valence-electron chi connectivity index (χ4n) is 3.27. The van der Waals surface area contributed by atoms with Crippen molar-refractivity contribution >= 4 is 0 Å². The Labute approximate surface area is 123 Å². The minimum absolute atomic E-state index is 0.372. The summed E-state index contributed by atoms with van der Waals surface area (Å²) in [6.45, 7) is 7.46. The molecule has 3 unspecified atom stereocenters. The van der Waals surface area contributed by atoms with Gasteiger partial charge in [0, 0.05) is 25.2 Å². The molecule has 0 spiro atoms. The van der Waals surface area contributed by atoms with Crippen LogP contribution < -0.4 is 5.32 Å². The molecule has 1 aromatic rings. The summed E-state index contributed by atoms with van der Waals surface area (Å²) in [5.41, 5.74) is 1.36. The van der Waals surface area contributed by atoms with Crippen LogP contribution >= 0.6 is 0 Å². The van der Waals surface area contributed by atoms with Crippen LogP contribution in [-0.4, -0.2) is 43.8 Å². The van der Waals surface area contributed by atoms with Gasteiger partial charge in [0.1, 0.15) is 0 Å². The molecule has 20 heavy (non-hydrogen) atoms. The van der Waals surface area contributed by atoms with Crippen LogP contribution in [0.5, 0.6) is 0 Å². The number of hydrogen-bond donors (Lipinski definition) is 1. The topological polar surface area (TPSA) is 24.5 Å². The summed E-state index contributed by atoms with van der Waals surface area (Å²) in [5.74, 6) is 0. The normalized spacial score (nSPS) is 23.4. The molecule has 0 bridgehead atoms. The predicted molar refractivity (Wildman–Crippen MR) is 83.9 cm³/mol. The molecule has 0 aromatic heterocycles. The Morgan fingerprint density at radius 2 is 2.10 bits per heavy atom. The Morgan fingerprint density at radius 3 is 2.75 bits per heavy atom. The molecule has 1 fully saturated rings. The van der Waals surface area contributed by atoms with Gasteiger partial charge in [0.15, 0.2) is 0 Å². The summed E-state index contributed by atoms with van der Waals surface area (Å²) in [6.07, 6.45) is 2.84. The standard InChI is InChI=1S/C17H28N2O/c1-4-20-16-11-8-12-19(13-16)14(2)17(18-3)15-9-6-5-7-10-15/h5-7,9-10,14,16-18H,4,8,11-13H2,1-3H3.